The molecule has 0 aliphatic carbocycles. The number of carbonyl (C=O) groups excluding carboxylic acids is 1. The number of carboxylic acid groups (broad SMARTS) is 1. The number of aryl methyl sites for hydroxylation is 1. The fourth-order valence-corrected chi connectivity index (χ4v) is 2.72. The number of hydrogen-bond acceptors (Lipinski definition) is 3. The third-order valence-corrected chi connectivity index (χ3v) is 4.29. The Labute approximate surface area is 151 Å². The zero-order valence-corrected chi connectivity index (χ0v) is 14.6. The van der Waals surface area contributed by atoms with Crippen molar-refractivity contribution in [2.24, 2.45) is 0 Å². The summed E-state index contributed by atoms with van der Waals surface area (Å²) in [5.41, 5.74) is 3.94. The summed E-state index contributed by atoms with van der Waals surface area (Å²) < 4.78 is 5.37. The molecular weight excluding hydrogens is 330 g/mol. The number of anilines is 1. The van der Waals surface area contributed by atoms with E-state index in [-0.39, 0.29) is 11.7 Å². The lowest BCUT2D eigenvalue weighted by molar-refractivity contribution is 0.0663. The maximum Gasteiger partial charge on any atom is 0.371 e. The number of carbonyl (C=O) groups is 2. The third-order valence-electron chi connectivity index (χ3n) is 4.29. The number of nitrogens with one attached hydrogen (secondary N) is 1. The van der Waals surface area contributed by atoms with Gasteiger partial charge >= 0.3 is 5.97 Å². The zero-order chi connectivity index (χ0) is 18.7. The van der Waals surface area contributed by atoms with E-state index in [2.05, 4.69) is 12.2 Å². The normalized spacial score (nSPS) is 10.5. The van der Waals surface area contributed by atoms with Crippen LogP contribution in [0.1, 0.15) is 39.0 Å². The highest BCUT2D eigenvalue weighted by molar-refractivity contribution is 6.05. The van der Waals surface area contributed by atoms with Crippen molar-refractivity contribution in [1.82, 2.24) is 0 Å². The van der Waals surface area contributed by atoms with Crippen molar-refractivity contribution in [3.05, 3.63) is 77.0 Å². The molecule has 2 aromatic carbocycles. The lowest BCUT2D eigenvalue weighted by Gasteiger charge is -2.11. The first-order valence-electron chi connectivity index (χ1n) is 8.33. The van der Waals surface area contributed by atoms with Gasteiger partial charge in [0.05, 0.1) is 0 Å². The molecule has 0 bridgehead atoms. The Kier molecular flexibility index (Phi) is 4.89. The van der Waals surface area contributed by atoms with Gasteiger partial charge in [0, 0.05) is 16.8 Å². The number of hydrogen-bond donors (Lipinski definition) is 2. The molecule has 1 amide bonds. The van der Waals surface area contributed by atoms with Crippen molar-refractivity contribution in [1.29, 1.82) is 0 Å². The number of furan rings is 1. The van der Waals surface area contributed by atoms with Crippen molar-refractivity contribution in [2.45, 2.75) is 20.3 Å². The molecule has 0 saturated carbocycles. The molecule has 3 aromatic rings. The summed E-state index contributed by atoms with van der Waals surface area (Å²) in [6.07, 6.45) is 0.921. The molecule has 132 valence electrons. The fourth-order valence-electron chi connectivity index (χ4n) is 2.72. The van der Waals surface area contributed by atoms with Crippen molar-refractivity contribution in [2.75, 3.05) is 5.32 Å². The van der Waals surface area contributed by atoms with Gasteiger partial charge in [-0.25, -0.2) is 4.79 Å². The molecule has 3 rings (SSSR count). The molecule has 5 heteroatoms. The topological polar surface area (TPSA) is 79.5 Å². The van der Waals surface area contributed by atoms with Crippen LogP contribution in [0.2, 0.25) is 0 Å². The van der Waals surface area contributed by atoms with Gasteiger partial charge < -0.3 is 14.8 Å². The van der Waals surface area contributed by atoms with Crippen LogP contribution in [0, 0.1) is 6.92 Å². The second-order valence-electron chi connectivity index (χ2n) is 5.95. The van der Waals surface area contributed by atoms with E-state index < -0.39 is 5.97 Å². The molecule has 0 fully saturated rings. The van der Waals surface area contributed by atoms with Crippen LogP contribution in [0.3, 0.4) is 0 Å². The molecule has 0 spiro atoms. The molecule has 1 heterocycles. The van der Waals surface area contributed by atoms with Gasteiger partial charge in [0.15, 0.2) is 0 Å². The van der Waals surface area contributed by atoms with Gasteiger partial charge in [-0.1, -0.05) is 31.2 Å². The third kappa shape index (κ3) is 3.52. The summed E-state index contributed by atoms with van der Waals surface area (Å²) >= 11 is 0. The Morgan fingerprint density at radius 3 is 2.38 bits per heavy atom. The second kappa shape index (κ2) is 7.27. The Bertz CT molecular complexity index is 954. The van der Waals surface area contributed by atoms with E-state index in [1.165, 1.54) is 11.6 Å². The standard InChI is InChI=1S/C21H19NO4/c1-3-14-7-9-15(10-8-14)20(23)22-17-6-4-5-16(13(17)2)18-11-12-19(26-18)21(24)25/h4-12H,3H2,1-2H3,(H,22,23)(H,24,25). The number of carboxylic acids is 1. The summed E-state index contributed by atoms with van der Waals surface area (Å²) in [5, 5.41) is 11.9. The molecule has 1 aromatic heterocycles. The van der Waals surface area contributed by atoms with Gasteiger partial charge in [0.25, 0.3) is 5.91 Å². The van der Waals surface area contributed by atoms with Crippen LogP contribution >= 0.6 is 0 Å². The van der Waals surface area contributed by atoms with Crippen LogP contribution in [-0.2, 0) is 6.42 Å². The van der Waals surface area contributed by atoms with E-state index in [9.17, 15) is 9.59 Å². The maximum absolute atomic E-state index is 12.5. The van der Waals surface area contributed by atoms with Gasteiger partial charge in [-0.15, -0.1) is 0 Å². The van der Waals surface area contributed by atoms with Crippen LogP contribution in [0.25, 0.3) is 11.3 Å². The molecule has 0 radical (unpaired) electrons. The van der Waals surface area contributed by atoms with E-state index in [1.54, 1.807) is 30.3 Å². The van der Waals surface area contributed by atoms with E-state index in [0.29, 0.717) is 17.0 Å². The summed E-state index contributed by atoms with van der Waals surface area (Å²) in [7, 11) is 0. The van der Waals surface area contributed by atoms with Gasteiger partial charge in [-0.05, 0) is 54.8 Å². The van der Waals surface area contributed by atoms with Gasteiger partial charge in [0.1, 0.15) is 5.76 Å². The zero-order valence-electron chi connectivity index (χ0n) is 14.6. The first kappa shape index (κ1) is 17.5. The van der Waals surface area contributed by atoms with E-state index >= 15 is 0 Å². The van der Waals surface area contributed by atoms with Crippen molar-refractivity contribution in [3.8, 4) is 11.3 Å². The number of amides is 1. The minimum atomic E-state index is -1.12. The number of benzene rings is 2. The molecule has 0 aliphatic heterocycles. The van der Waals surface area contributed by atoms with Crippen molar-refractivity contribution in [3.63, 3.8) is 0 Å². The first-order chi connectivity index (χ1) is 12.5. The monoisotopic (exact) mass is 349 g/mol. The highest BCUT2D eigenvalue weighted by Gasteiger charge is 2.15. The van der Waals surface area contributed by atoms with E-state index in [0.717, 1.165) is 17.5 Å². The molecule has 2 N–H and O–H groups in total. The Hall–Kier alpha value is -3.34. The van der Waals surface area contributed by atoms with Crippen LogP contribution in [0.4, 0.5) is 5.69 Å². The molecule has 5 nitrogen and oxygen atoms in total. The highest BCUT2D eigenvalue weighted by Crippen LogP contribution is 2.30. The summed E-state index contributed by atoms with van der Waals surface area (Å²) in [4.78, 5) is 23.5. The van der Waals surface area contributed by atoms with Gasteiger partial charge in [0.2, 0.25) is 5.76 Å². The van der Waals surface area contributed by atoms with Crippen LogP contribution in [-0.4, -0.2) is 17.0 Å². The predicted molar refractivity (Wildman–Crippen MR) is 99.6 cm³/mol. The minimum absolute atomic E-state index is 0.121. The molecule has 0 aliphatic rings. The minimum Gasteiger partial charge on any atom is -0.475 e. The molecule has 0 atom stereocenters. The molecule has 26 heavy (non-hydrogen) atoms. The largest absolute Gasteiger partial charge is 0.475 e. The van der Waals surface area contributed by atoms with Crippen LogP contribution in [0.5, 0.6) is 0 Å². The molecular formula is C21H19NO4. The van der Waals surface area contributed by atoms with Crippen LogP contribution in [0.15, 0.2) is 59.0 Å². The highest BCUT2D eigenvalue weighted by atomic mass is 16.4. The lowest BCUT2D eigenvalue weighted by atomic mass is 10.0. The fraction of sp³-hybridized carbons (Fsp3) is 0.143. The number of aromatic carboxylic acids is 1. The molecule has 0 unspecified atom stereocenters. The first-order valence-corrected chi connectivity index (χ1v) is 8.33. The molecule has 0 saturated heterocycles. The quantitative estimate of drug-likeness (QED) is 0.695. The van der Waals surface area contributed by atoms with Crippen molar-refractivity contribution >= 4 is 17.6 Å². The Morgan fingerprint density at radius 1 is 1.04 bits per heavy atom. The SMILES string of the molecule is CCc1ccc(C(=O)Nc2cccc(-c3ccc(C(=O)O)o3)c2C)cc1. The lowest BCUT2D eigenvalue weighted by Crippen LogP contribution is -2.13. The van der Waals surface area contributed by atoms with E-state index in [1.807, 2.05) is 25.1 Å². The predicted octanol–water partition coefficient (Wildman–Crippen LogP) is 4.77. The number of rotatable bonds is 5. The maximum atomic E-state index is 12.5. The Balaban J connectivity index is 1.86. The summed E-state index contributed by atoms with van der Waals surface area (Å²) in [5.74, 6) is -0.986. The van der Waals surface area contributed by atoms with Gasteiger partial charge in [-0.2, -0.15) is 0 Å². The van der Waals surface area contributed by atoms with Crippen molar-refractivity contribution < 1.29 is 19.1 Å². The van der Waals surface area contributed by atoms with E-state index in [4.69, 9.17) is 9.52 Å². The van der Waals surface area contributed by atoms with Gasteiger partial charge in [-0.3, -0.25) is 4.79 Å². The second-order valence-corrected chi connectivity index (χ2v) is 5.95. The average Bonchev–Trinajstić information content (AvgIpc) is 3.13. The average molecular weight is 349 g/mol. The van der Waals surface area contributed by atoms with Crippen LogP contribution < -0.4 is 5.32 Å². The summed E-state index contributed by atoms with van der Waals surface area (Å²) in [6, 6.07) is 15.9. The summed E-state index contributed by atoms with van der Waals surface area (Å²) in [6.45, 7) is 3.92. The Morgan fingerprint density at radius 2 is 1.77 bits per heavy atom. The smallest absolute Gasteiger partial charge is 0.371 e.